The fourth-order valence-electron chi connectivity index (χ4n) is 7.84. The van der Waals surface area contributed by atoms with Crippen molar-refractivity contribution in [2.75, 3.05) is 0 Å². The van der Waals surface area contributed by atoms with Crippen molar-refractivity contribution >= 4 is 0 Å². The Hall–Kier alpha value is -2.28. The second-order valence-corrected chi connectivity index (χ2v) is 12.5. The van der Waals surface area contributed by atoms with Crippen molar-refractivity contribution in [3.8, 4) is 6.07 Å². The smallest absolute Gasteiger partial charge is 0.141 e. The molecule has 0 bridgehead atoms. The Labute approximate surface area is 226 Å². The van der Waals surface area contributed by atoms with Crippen LogP contribution in [0.2, 0.25) is 0 Å². The zero-order valence-electron chi connectivity index (χ0n) is 22.9. The van der Waals surface area contributed by atoms with Crippen LogP contribution < -0.4 is 0 Å². The summed E-state index contributed by atoms with van der Waals surface area (Å²) in [5.74, 6) is 1.22. The van der Waals surface area contributed by atoms with E-state index in [2.05, 4.69) is 6.92 Å². The van der Waals surface area contributed by atoms with Gasteiger partial charge in [-0.2, -0.15) is 5.26 Å². The van der Waals surface area contributed by atoms with Crippen LogP contribution in [0, 0.1) is 46.5 Å². The summed E-state index contributed by atoms with van der Waals surface area (Å²) in [7, 11) is 0. The van der Waals surface area contributed by atoms with Gasteiger partial charge < -0.3 is 0 Å². The first kappa shape index (κ1) is 27.3. The maximum Gasteiger partial charge on any atom is 0.141 e. The summed E-state index contributed by atoms with van der Waals surface area (Å²) in [5, 5.41) is 8.97. The van der Waals surface area contributed by atoms with Crippen molar-refractivity contribution in [1.29, 1.82) is 5.26 Å². The molecular formula is C34H42F3N. The Kier molecular flexibility index (Phi) is 8.81. The number of hydrogen-bond donors (Lipinski definition) is 0. The molecule has 3 aliphatic carbocycles. The molecule has 1 atom stereocenters. The first-order valence-electron chi connectivity index (χ1n) is 15.2. The predicted octanol–water partition coefficient (Wildman–Crippen LogP) is 9.91. The van der Waals surface area contributed by atoms with Crippen LogP contribution in [0.1, 0.15) is 130 Å². The van der Waals surface area contributed by atoms with E-state index in [-0.39, 0.29) is 34.6 Å². The summed E-state index contributed by atoms with van der Waals surface area (Å²) in [6.07, 6.45) is 16.1. The molecule has 204 valence electrons. The summed E-state index contributed by atoms with van der Waals surface area (Å²) in [6.45, 7) is 2.29. The van der Waals surface area contributed by atoms with E-state index >= 15 is 8.78 Å². The highest BCUT2D eigenvalue weighted by Crippen LogP contribution is 2.44. The molecule has 5 rings (SSSR count). The molecule has 3 aliphatic rings. The molecule has 2 saturated carbocycles. The Morgan fingerprint density at radius 2 is 1.42 bits per heavy atom. The zero-order valence-corrected chi connectivity index (χ0v) is 22.9. The van der Waals surface area contributed by atoms with Gasteiger partial charge in [-0.05, 0) is 116 Å². The molecule has 1 nitrogen and oxygen atoms in total. The van der Waals surface area contributed by atoms with Crippen LogP contribution in [0.25, 0.3) is 0 Å². The van der Waals surface area contributed by atoms with E-state index in [4.69, 9.17) is 5.26 Å². The van der Waals surface area contributed by atoms with Crippen LogP contribution in [0.5, 0.6) is 0 Å². The molecule has 0 aliphatic heterocycles. The van der Waals surface area contributed by atoms with E-state index in [1.165, 1.54) is 63.5 Å². The molecule has 1 unspecified atom stereocenters. The number of nitriles is 1. The van der Waals surface area contributed by atoms with E-state index in [1.807, 2.05) is 12.1 Å². The largest absolute Gasteiger partial charge is 0.207 e. The van der Waals surface area contributed by atoms with Crippen molar-refractivity contribution in [2.45, 2.75) is 115 Å². The van der Waals surface area contributed by atoms with Gasteiger partial charge in [0, 0.05) is 5.56 Å². The fourth-order valence-corrected chi connectivity index (χ4v) is 7.84. The van der Waals surface area contributed by atoms with Gasteiger partial charge in [0.25, 0.3) is 0 Å². The Bertz CT molecular complexity index is 1150. The molecule has 0 N–H and O–H groups in total. The fraction of sp³-hybridized carbons (Fsp3) is 0.618. The SMILES string of the molecule is CCCC1CCC(CCC2CCc3c(cc(F)c(C4CCC(c5ccc(C#N)c(F)c5)CC4)c3F)C2)CC1. The quantitative estimate of drug-likeness (QED) is 0.356. The van der Waals surface area contributed by atoms with Crippen LogP contribution in [0.3, 0.4) is 0 Å². The lowest BCUT2D eigenvalue weighted by molar-refractivity contribution is 0.235. The predicted molar refractivity (Wildman–Crippen MR) is 147 cm³/mol. The maximum absolute atomic E-state index is 15.7. The molecule has 0 aromatic heterocycles. The molecule has 2 aromatic rings. The number of fused-ring (bicyclic) bond motifs is 1. The number of hydrogen-bond acceptors (Lipinski definition) is 1. The summed E-state index contributed by atoms with van der Waals surface area (Å²) in [4.78, 5) is 0. The van der Waals surface area contributed by atoms with Crippen molar-refractivity contribution < 1.29 is 13.2 Å². The lowest BCUT2D eigenvalue weighted by Gasteiger charge is -2.32. The normalized spacial score (nSPS) is 27.5. The van der Waals surface area contributed by atoms with Crippen molar-refractivity contribution in [1.82, 2.24) is 0 Å². The van der Waals surface area contributed by atoms with Gasteiger partial charge in [-0.1, -0.05) is 57.9 Å². The van der Waals surface area contributed by atoms with Crippen LogP contribution in [-0.4, -0.2) is 0 Å². The molecular weight excluding hydrogens is 479 g/mol. The Balaban J connectivity index is 1.18. The number of nitrogens with zero attached hydrogens (tertiary/aromatic N) is 1. The maximum atomic E-state index is 15.7. The van der Waals surface area contributed by atoms with Gasteiger partial charge in [-0.3, -0.25) is 0 Å². The van der Waals surface area contributed by atoms with E-state index in [1.54, 1.807) is 6.07 Å². The summed E-state index contributed by atoms with van der Waals surface area (Å²) in [6, 6.07) is 8.32. The third kappa shape index (κ3) is 5.98. The highest BCUT2D eigenvalue weighted by atomic mass is 19.1. The van der Waals surface area contributed by atoms with Crippen LogP contribution in [0.15, 0.2) is 24.3 Å². The molecule has 0 spiro atoms. The van der Waals surface area contributed by atoms with Crippen molar-refractivity contribution in [2.24, 2.45) is 17.8 Å². The molecule has 38 heavy (non-hydrogen) atoms. The second kappa shape index (κ2) is 12.3. The van der Waals surface area contributed by atoms with Crippen LogP contribution in [0.4, 0.5) is 13.2 Å². The number of halogens is 3. The van der Waals surface area contributed by atoms with Gasteiger partial charge >= 0.3 is 0 Å². The molecule has 0 saturated heterocycles. The van der Waals surface area contributed by atoms with Crippen molar-refractivity contribution in [3.05, 3.63) is 69.5 Å². The minimum atomic E-state index is -0.489. The third-order valence-electron chi connectivity index (χ3n) is 10.1. The standard InChI is InChI=1S/C34H42F3N/c1-2-3-22-4-6-23(7-5-22)8-9-24-10-17-30-29(18-24)20-32(36)33(34(30)37)26-13-11-25(12-14-26)27-15-16-28(21-38)31(35)19-27/h15-16,19-20,22-26H,2-14,17-18H2,1H3. The Morgan fingerprint density at radius 3 is 2.08 bits per heavy atom. The minimum absolute atomic E-state index is 0.0532. The molecule has 0 heterocycles. The average molecular weight is 522 g/mol. The average Bonchev–Trinajstić information content (AvgIpc) is 2.93. The molecule has 2 aromatic carbocycles. The monoisotopic (exact) mass is 521 g/mol. The minimum Gasteiger partial charge on any atom is -0.207 e. The summed E-state index contributed by atoms with van der Waals surface area (Å²) >= 11 is 0. The molecule has 0 radical (unpaired) electrons. The van der Waals surface area contributed by atoms with E-state index < -0.39 is 5.82 Å². The van der Waals surface area contributed by atoms with Crippen molar-refractivity contribution in [3.63, 3.8) is 0 Å². The summed E-state index contributed by atoms with van der Waals surface area (Å²) in [5.41, 5.74) is 2.88. The van der Waals surface area contributed by atoms with E-state index in [0.717, 1.165) is 60.6 Å². The van der Waals surface area contributed by atoms with Gasteiger partial charge in [0.05, 0.1) is 5.56 Å². The first-order valence-corrected chi connectivity index (χ1v) is 15.2. The van der Waals surface area contributed by atoms with Gasteiger partial charge in [-0.15, -0.1) is 0 Å². The number of rotatable bonds is 7. The van der Waals surface area contributed by atoms with E-state index in [9.17, 15) is 4.39 Å². The van der Waals surface area contributed by atoms with Crippen LogP contribution >= 0.6 is 0 Å². The summed E-state index contributed by atoms with van der Waals surface area (Å²) < 4.78 is 45.2. The van der Waals surface area contributed by atoms with Crippen LogP contribution in [-0.2, 0) is 12.8 Å². The van der Waals surface area contributed by atoms with Gasteiger partial charge in [-0.25, -0.2) is 13.2 Å². The topological polar surface area (TPSA) is 23.8 Å². The highest BCUT2D eigenvalue weighted by Gasteiger charge is 2.32. The third-order valence-corrected chi connectivity index (χ3v) is 10.1. The lowest BCUT2D eigenvalue weighted by Crippen LogP contribution is -2.21. The van der Waals surface area contributed by atoms with Gasteiger partial charge in [0.2, 0.25) is 0 Å². The molecule has 4 heteroatoms. The van der Waals surface area contributed by atoms with E-state index in [0.29, 0.717) is 18.8 Å². The molecule has 2 fully saturated rings. The Morgan fingerprint density at radius 1 is 0.763 bits per heavy atom. The highest BCUT2D eigenvalue weighted by molar-refractivity contribution is 5.40. The lowest BCUT2D eigenvalue weighted by atomic mass is 9.73. The van der Waals surface area contributed by atoms with Gasteiger partial charge in [0.15, 0.2) is 0 Å². The number of benzene rings is 2. The first-order chi connectivity index (χ1) is 18.5. The molecule has 0 amide bonds. The second-order valence-electron chi connectivity index (χ2n) is 12.5. The zero-order chi connectivity index (χ0) is 26.6. The van der Waals surface area contributed by atoms with Gasteiger partial charge in [0.1, 0.15) is 23.5 Å².